The van der Waals surface area contributed by atoms with Crippen molar-refractivity contribution < 1.29 is 19.4 Å². The third kappa shape index (κ3) is 3.11. The van der Waals surface area contributed by atoms with Gasteiger partial charge in [0.25, 0.3) is 0 Å². The summed E-state index contributed by atoms with van der Waals surface area (Å²) < 4.78 is 5.22. The number of nitrogens with zero attached hydrogens (tertiary/aromatic N) is 1. The highest BCUT2D eigenvalue weighted by molar-refractivity contribution is 5.81. The van der Waals surface area contributed by atoms with E-state index in [2.05, 4.69) is 0 Å². The number of hydrogen-bond donors (Lipinski definition) is 1. The molecule has 1 amide bonds. The number of hydrogen-bond acceptors (Lipinski definition) is 3. The van der Waals surface area contributed by atoms with Crippen molar-refractivity contribution in [2.75, 3.05) is 6.54 Å². The van der Waals surface area contributed by atoms with Crippen molar-refractivity contribution in [2.24, 2.45) is 11.8 Å². The van der Waals surface area contributed by atoms with Gasteiger partial charge in [0.1, 0.15) is 11.6 Å². The van der Waals surface area contributed by atoms with Crippen molar-refractivity contribution >= 4 is 12.1 Å². The molecule has 98 valence electrons. The number of carboxylic acids is 1. The molecule has 1 N–H and O–H groups in total. The normalized spacial score (nSPS) is 29.2. The number of amides is 1. The van der Waals surface area contributed by atoms with E-state index in [1.807, 2.05) is 13.8 Å². The topological polar surface area (TPSA) is 66.8 Å². The summed E-state index contributed by atoms with van der Waals surface area (Å²) >= 11 is 0. The number of rotatable bonds is 1. The molecule has 1 aliphatic rings. The predicted molar refractivity (Wildman–Crippen MR) is 62.7 cm³/mol. The maximum absolute atomic E-state index is 11.9. The van der Waals surface area contributed by atoms with Gasteiger partial charge in [0.05, 0.1) is 0 Å². The molecule has 0 unspecified atom stereocenters. The summed E-state index contributed by atoms with van der Waals surface area (Å²) in [6, 6.07) is -0.778. The first-order chi connectivity index (χ1) is 7.63. The van der Waals surface area contributed by atoms with Crippen LogP contribution in [0.15, 0.2) is 0 Å². The van der Waals surface area contributed by atoms with Crippen LogP contribution in [-0.4, -0.2) is 40.3 Å². The molecule has 0 aliphatic carbocycles. The summed E-state index contributed by atoms with van der Waals surface area (Å²) in [6.45, 7) is 9.54. The highest BCUT2D eigenvalue weighted by atomic mass is 16.6. The molecule has 0 aromatic carbocycles. The van der Waals surface area contributed by atoms with Crippen molar-refractivity contribution in [2.45, 2.75) is 46.3 Å². The molecule has 17 heavy (non-hydrogen) atoms. The fourth-order valence-corrected chi connectivity index (χ4v) is 2.05. The molecule has 0 spiro atoms. The number of carbonyl (C=O) groups excluding carboxylic acids is 1. The van der Waals surface area contributed by atoms with Gasteiger partial charge in [-0.25, -0.2) is 9.59 Å². The van der Waals surface area contributed by atoms with E-state index in [9.17, 15) is 9.59 Å². The van der Waals surface area contributed by atoms with Crippen molar-refractivity contribution in [1.29, 1.82) is 0 Å². The predicted octanol–water partition coefficient (Wildman–Crippen LogP) is 1.96. The van der Waals surface area contributed by atoms with Crippen molar-refractivity contribution in [3.63, 3.8) is 0 Å². The van der Waals surface area contributed by atoms with E-state index in [1.165, 1.54) is 4.90 Å². The fourth-order valence-electron chi connectivity index (χ4n) is 2.05. The van der Waals surface area contributed by atoms with E-state index in [0.29, 0.717) is 6.54 Å². The van der Waals surface area contributed by atoms with Gasteiger partial charge >= 0.3 is 12.1 Å². The summed E-state index contributed by atoms with van der Waals surface area (Å²) in [5.41, 5.74) is -0.602. The Morgan fingerprint density at radius 3 is 2.24 bits per heavy atom. The first kappa shape index (κ1) is 13.8. The Bertz CT molecular complexity index is 321. The molecule has 0 bridgehead atoms. The Kier molecular flexibility index (Phi) is 3.69. The zero-order valence-corrected chi connectivity index (χ0v) is 11.1. The second kappa shape index (κ2) is 4.55. The van der Waals surface area contributed by atoms with Crippen molar-refractivity contribution in [3.05, 3.63) is 0 Å². The van der Waals surface area contributed by atoms with E-state index in [4.69, 9.17) is 9.84 Å². The monoisotopic (exact) mass is 243 g/mol. The van der Waals surface area contributed by atoms with Crippen LogP contribution in [0.1, 0.15) is 34.6 Å². The van der Waals surface area contributed by atoms with Crippen LogP contribution in [0.25, 0.3) is 0 Å². The zero-order valence-electron chi connectivity index (χ0n) is 11.1. The first-order valence-electron chi connectivity index (χ1n) is 5.86. The van der Waals surface area contributed by atoms with E-state index in [0.717, 1.165) is 0 Å². The van der Waals surface area contributed by atoms with Crippen LogP contribution in [0.4, 0.5) is 4.79 Å². The minimum atomic E-state index is -0.965. The van der Waals surface area contributed by atoms with Gasteiger partial charge in [-0.2, -0.15) is 0 Å². The average Bonchev–Trinajstić information content (AvgIpc) is 2.40. The lowest BCUT2D eigenvalue weighted by atomic mass is 9.94. The van der Waals surface area contributed by atoms with Gasteiger partial charge in [0, 0.05) is 6.54 Å². The zero-order chi connectivity index (χ0) is 13.4. The number of aliphatic carboxylic acids is 1. The molecule has 3 atom stereocenters. The molecule has 1 saturated heterocycles. The smallest absolute Gasteiger partial charge is 0.411 e. The highest BCUT2D eigenvalue weighted by Crippen LogP contribution is 2.30. The van der Waals surface area contributed by atoms with Gasteiger partial charge in [-0.05, 0) is 32.6 Å². The molecule has 1 fully saturated rings. The largest absolute Gasteiger partial charge is 0.480 e. The maximum Gasteiger partial charge on any atom is 0.411 e. The van der Waals surface area contributed by atoms with Crippen LogP contribution >= 0.6 is 0 Å². The van der Waals surface area contributed by atoms with Crippen LogP contribution < -0.4 is 0 Å². The molecule has 1 heterocycles. The highest BCUT2D eigenvalue weighted by Gasteiger charge is 2.45. The molecule has 0 aromatic rings. The molecule has 1 aliphatic heterocycles. The quantitative estimate of drug-likeness (QED) is 0.764. The van der Waals surface area contributed by atoms with E-state index < -0.39 is 23.7 Å². The van der Waals surface area contributed by atoms with Crippen molar-refractivity contribution in [1.82, 2.24) is 4.90 Å². The summed E-state index contributed by atoms with van der Waals surface area (Å²) in [5.74, 6) is -0.851. The minimum absolute atomic E-state index is 0.0555. The maximum atomic E-state index is 11.9. The summed E-state index contributed by atoms with van der Waals surface area (Å²) in [7, 11) is 0. The third-order valence-electron chi connectivity index (χ3n) is 3.10. The molecule has 0 aromatic heterocycles. The van der Waals surface area contributed by atoms with Crippen LogP contribution in [0, 0.1) is 11.8 Å². The van der Waals surface area contributed by atoms with E-state index in [-0.39, 0.29) is 11.8 Å². The third-order valence-corrected chi connectivity index (χ3v) is 3.10. The Morgan fingerprint density at radius 1 is 1.29 bits per heavy atom. The molecule has 5 nitrogen and oxygen atoms in total. The Labute approximate surface area is 102 Å². The van der Waals surface area contributed by atoms with Gasteiger partial charge in [0.15, 0.2) is 0 Å². The molecule has 1 rings (SSSR count). The number of carboxylic acid groups (broad SMARTS) is 1. The Balaban J connectivity index is 2.82. The van der Waals surface area contributed by atoms with Crippen LogP contribution in [0.2, 0.25) is 0 Å². The van der Waals surface area contributed by atoms with Gasteiger partial charge in [-0.3, -0.25) is 4.90 Å². The first-order valence-corrected chi connectivity index (χ1v) is 5.86. The summed E-state index contributed by atoms with van der Waals surface area (Å²) in [5, 5.41) is 9.17. The SMILES string of the molecule is C[C@@H]1[C@@H](C)CN(C(=O)OC(C)(C)C)[C@H]1C(=O)O. The summed E-state index contributed by atoms with van der Waals surface area (Å²) in [6.07, 6.45) is -0.541. The van der Waals surface area contributed by atoms with Gasteiger partial charge in [-0.15, -0.1) is 0 Å². The minimum Gasteiger partial charge on any atom is -0.480 e. The Morgan fingerprint density at radius 2 is 1.82 bits per heavy atom. The van der Waals surface area contributed by atoms with Crippen LogP contribution in [-0.2, 0) is 9.53 Å². The second-order valence-corrected chi connectivity index (χ2v) is 5.75. The lowest BCUT2D eigenvalue weighted by Gasteiger charge is -2.27. The lowest BCUT2D eigenvalue weighted by Crippen LogP contribution is -2.45. The fraction of sp³-hybridized carbons (Fsp3) is 0.833. The molecule has 0 radical (unpaired) electrons. The Hall–Kier alpha value is -1.26. The number of carbonyl (C=O) groups is 2. The molecular formula is C12H21NO4. The standard InChI is InChI=1S/C12H21NO4/c1-7-6-13(9(8(7)2)10(14)15)11(16)17-12(3,4)5/h7-9H,6H2,1-5H3,(H,14,15)/t7-,8+,9+/m0/s1. The number of likely N-dealkylation sites (tertiary alicyclic amines) is 1. The molecule has 0 saturated carbocycles. The average molecular weight is 243 g/mol. The second-order valence-electron chi connectivity index (χ2n) is 5.75. The molecular weight excluding hydrogens is 222 g/mol. The van der Waals surface area contributed by atoms with Gasteiger partial charge in [-0.1, -0.05) is 13.8 Å². The van der Waals surface area contributed by atoms with Crippen molar-refractivity contribution in [3.8, 4) is 0 Å². The summed E-state index contributed by atoms with van der Waals surface area (Å²) in [4.78, 5) is 24.4. The van der Waals surface area contributed by atoms with E-state index in [1.54, 1.807) is 20.8 Å². The van der Waals surface area contributed by atoms with Crippen LogP contribution in [0.5, 0.6) is 0 Å². The van der Waals surface area contributed by atoms with E-state index >= 15 is 0 Å². The number of ether oxygens (including phenoxy) is 1. The molecule has 5 heteroatoms. The lowest BCUT2D eigenvalue weighted by molar-refractivity contribution is -0.143. The van der Waals surface area contributed by atoms with Crippen LogP contribution in [0.3, 0.4) is 0 Å². The van der Waals surface area contributed by atoms with Gasteiger partial charge < -0.3 is 9.84 Å². The van der Waals surface area contributed by atoms with Gasteiger partial charge in [0.2, 0.25) is 0 Å².